The van der Waals surface area contributed by atoms with Crippen molar-refractivity contribution >= 4 is 5.78 Å². The molecule has 0 aliphatic heterocycles. The third kappa shape index (κ3) is 3.41. The van der Waals surface area contributed by atoms with Crippen LogP contribution >= 0.6 is 0 Å². The SMILES string of the molecule is O=C(c1cn(Oc2ccccc2)nn1)c1cn(Oc2ccccc2)nn1. The topological polar surface area (TPSA) is 97.0 Å². The molecule has 0 aliphatic carbocycles. The zero-order valence-electron chi connectivity index (χ0n) is 13.3. The van der Waals surface area contributed by atoms with Crippen LogP contribution in [0.15, 0.2) is 73.1 Å². The van der Waals surface area contributed by atoms with Gasteiger partial charge in [0.1, 0.15) is 0 Å². The lowest BCUT2D eigenvalue weighted by Crippen LogP contribution is -2.06. The van der Waals surface area contributed by atoms with Gasteiger partial charge in [0.2, 0.25) is 5.78 Å². The van der Waals surface area contributed by atoms with Crippen LogP contribution in [0.3, 0.4) is 0 Å². The Kier molecular flexibility index (Phi) is 4.09. The quantitative estimate of drug-likeness (QED) is 0.490. The maximum atomic E-state index is 12.4. The number of rotatable bonds is 6. The molecule has 0 amide bonds. The van der Waals surface area contributed by atoms with Crippen LogP contribution in [0.5, 0.6) is 11.5 Å². The second-order valence-electron chi connectivity index (χ2n) is 5.15. The van der Waals surface area contributed by atoms with E-state index in [0.29, 0.717) is 11.5 Å². The standard InChI is InChI=1S/C17H12N6O3/c24-17(15-11-22(20-18-15)25-13-7-3-1-4-8-13)16-12-23(21-19-16)26-14-9-5-2-6-10-14/h1-12H. The first-order valence-electron chi connectivity index (χ1n) is 7.64. The summed E-state index contributed by atoms with van der Waals surface area (Å²) in [5, 5.41) is 15.1. The Morgan fingerprint density at radius 3 is 1.54 bits per heavy atom. The van der Waals surface area contributed by atoms with Crippen LogP contribution in [0.1, 0.15) is 16.2 Å². The normalized spacial score (nSPS) is 10.5. The fourth-order valence-electron chi connectivity index (χ4n) is 2.10. The van der Waals surface area contributed by atoms with Gasteiger partial charge >= 0.3 is 0 Å². The lowest BCUT2D eigenvalue weighted by molar-refractivity contribution is 0.102. The molecule has 0 bridgehead atoms. The second-order valence-corrected chi connectivity index (χ2v) is 5.15. The molecule has 0 aliphatic rings. The number of hydrogen-bond donors (Lipinski definition) is 0. The predicted molar refractivity (Wildman–Crippen MR) is 88.4 cm³/mol. The number of carbonyl (C=O) groups excluding carboxylic acids is 1. The van der Waals surface area contributed by atoms with Crippen LogP contribution in [0.4, 0.5) is 0 Å². The monoisotopic (exact) mass is 348 g/mol. The van der Waals surface area contributed by atoms with E-state index in [-0.39, 0.29) is 11.4 Å². The molecule has 0 atom stereocenters. The molecular formula is C17H12N6O3. The summed E-state index contributed by atoms with van der Waals surface area (Å²) in [7, 11) is 0. The highest BCUT2D eigenvalue weighted by atomic mass is 16.7. The van der Waals surface area contributed by atoms with Crippen molar-refractivity contribution in [3.63, 3.8) is 0 Å². The van der Waals surface area contributed by atoms with Crippen molar-refractivity contribution in [2.24, 2.45) is 0 Å². The molecule has 0 N–H and O–H groups in total. The number of ketones is 1. The number of para-hydroxylation sites is 2. The van der Waals surface area contributed by atoms with Gasteiger partial charge in [0.25, 0.3) is 0 Å². The van der Waals surface area contributed by atoms with Crippen LogP contribution in [0, 0.1) is 0 Å². The fraction of sp³-hybridized carbons (Fsp3) is 0. The Hall–Kier alpha value is -4.01. The van der Waals surface area contributed by atoms with E-state index >= 15 is 0 Å². The summed E-state index contributed by atoms with van der Waals surface area (Å²) in [5.41, 5.74) is 0.153. The second kappa shape index (κ2) is 6.85. The van der Waals surface area contributed by atoms with Crippen LogP contribution in [-0.2, 0) is 0 Å². The van der Waals surface area contributed by atoms with Crippen molar-refractivity contribution in [1.82, 2.24) is 30.3 Å². The molecule has 0 fully saturated rings. The highest BCUT2D eigenvalue weighted by Crippen LogP contribution is 2.11. The maximum absolute atomic E-state index is 12.4. The first kappa shape index (κ1) is 15.5. The van der Waals surface area contributed by atoms with Gasteiger partial charge in [-0.2, -0.15) is 0 Å². The average molecular weight is 348 g/mol. The van der Waals surface area contributed by atoms with Gasteiger partial charge in [0.05, 0.1) is 12.4 Å². The van der Waals surface area contributed by atoms with Gasteiger partial charge in [-0.3, -0.25) is 4.79 Å². The number of benzene rings is 2. The summed E-state index contributed by atoms with van der Waals surface area (Å²) >= 11 is 0. The largest absolute Gasteiger partial charge is 0.357 e. The highest BCUT2D eigenvalue weighted by Gasteiger charge is 2.18. The molecule has 128 valence electrons. The zero-order valence-corrected chi connectivity index (χ0v) is 13.3. The van der Waals surface area contributed by atoms with Gasteiger partial charge in [-0.15, -0.1) is 10.2 Å². The van der Waals surface area contributed by atoms with Gasteiger partial charge in [0, 0.05) is 0 Å². The molecule has 9 heteroatoms. The Morgan fingerprint density at radius 2 is 1.12 bits per heavy atom. The smallest absolute Gasteiger partial charge is 0.237 e. The van der Waals surface area contributed by atoms with Crippen molar-refractivity contribution in [1.29, 1.82) is 0 Å². The van der Waals surface area contributed by atoms with E-state index in [2.05, 4.69) is 20.6 Å². The fourth-order valence-corrected chi connectivity index (χ4v) is 2.10. The Labute approximate surface area is 147 Å². The summed E-state index contributed by atoms with van der Waals surface area (Å²) in [4.78, 5) is 25.6. The minimum atomic E-state index is -0.448. The van der Waals surface area contributed by atoms with E-state index in [1.807, 2.05) is 36.4 Å². The molecule has 26 heavy (non-hydrogen) atoms. The number of hydrogen-bond acceptors (Lipinski definition) is 7. The molecule has 0 spiro atoms. The van der Waals surface area contributed by atoms with Crippen LogP contribution in [-0.4, -0.2) is 36.1 Å². The molecule has 2 aromatic heterocycles. The number of carbonyl (C=O) groups is 1. The minimum absolute atomic E-state index is 0.0766. The van der Waals surface area contributed by atoms with Gasteiger partial charge in [-0.25, -0.2) is 0 Å². The summed E-state index contributed by atoms with van der Waals surface area (Å²) in [5.74, 6) is 0.688. The molecule has 9 nitrogen and oxygen atoms in total. The molecular weight excluding hydrogens is 336 g/mol. The number of aromatic nitrogens is 6. The average Bonchev–Trinajstić information content (AvgIpc) is 3.33. The van der Waals surface area contributed by atoms with Crippen LogP contribution < -0.4 is 9.68 Å². The van der Waals surface area contributed by atoms with Crippen molar-refractivity contribution in [3.8, 4) is 11.5 Å². The highest BCUT2D eigenvalue weighted by molar-refractivity contribution is 6.05. The summed E-state index contributed by atoms with van der Waals surface area (Å²) < 4.78 is 0. The van der Waals surface area contributed by atoms with Gasteiger partial charge in [-0.05, 0) is 34.7 Å². The molecule has 2 heterocycles. The van der Waals surface area contributed by atoms with E-state index in [1.54, 1.807) is 24.3 Å². The molecule has 4 rings (SSSR count). The van der Waals surface area contributed by atoms with E-state index in [4.69, 9.17) is 9.68 Å². The first-order chi connectivity index (χ1) is 12.8. The third-order valence-electron chi connectivity index (χ3n) is 3.30. The lowest BCUT2D eigenvalue weighted by Gasteiger charge is -2.01. The first-order valence-corrected chi connectivity index (χ1v) is 7.64. The Bertz CT molecular complexity index is 931. The van der Waals surface area contributed by atoms with Crippen molar-refractivity contribution in [2.75, 3.05) is 0 Å². The Morgan fingerprint density at radius 1 is 0.692 bits per heavy atom. The Balaban J connectivity index is 1.46. The van der Waals surface area contributed by atoms with Crippen molar-refractivity contribution in [2.45, 2.75) is 0 Å². The minimum Gasteiger partial charge on any atom is -0.357 e. The number of nitrogens with zero attached hydrogens (tertiary/aromatic N) is 6. The molecule has 0 unspecified atom stereocenters. The maximum Gasteiger partial charge on any atom is 0.237 e. The summed E-state index contributed by atoms with van der Waals surface area (Å²) in [6.07, 6.45) is 2.73. The molecule has 0 radical (unpaired) electrons. The van der Waals surface area contributed by atoms with Crippen LogP contribution in [0.2, 0.25) is 0 Å². The molecule has 2 aromatic carbocycles. The van der Waals surface area contributed by atoms with Crippen molar-refractivity contribution in [3.05, 3.63) is 84.4 Å². The van der Waals surface area contributed by atoms with Gasteiger partial charge < -0.3 is 9.68 Å². The van der Waals surface area contributed by atoms with Gasteiger partial charge in [0.15, 0.2) is 22.9 Å². The molecule has 0 saturated heterocycles. The molecule has 0 saturated carbocycles. The predicted octanol–water partition coefficient (Wildman–Crippen LogP) is 1.78. The van der Waals surface area contributed by atoms with E-state index in [9.17, 15) is 4.79 Å². The summed E-state index contributed by atoms with van der Waals surface area (Å²) in [6, 6.07) is 18.1. The zero-order chi connectivity index (χ0) is 17.8. The molecule has 4 aromatic rings. The lowest BCUT2D eigenvalue weighted by atomic mass is 10.2. The van der Waals surface area contributed by atoms with E-state index < -0.39 is 5.78 Å². The third-order valence-corrected chi connectivity index (χ3v) is 3.30. The van der Waals surface area contributed by atoms with Crippen LogP contribution in [0.25, 0.3) is 0 Å². The van der Waals surface area contributed by atoms with E-state index in [0.717, 1.165) is 9.69 Å². The van der Waals surface area contributed by atoms with E-state index in [1.165, 1.54) is 12.4 Å². The summed E-state index contributed by atoms with van der Waals surface area (Å²) in [6.45, 7) is 0. The van der Waals surface area contributed by atoms with Gasteiger partial charge in [-0.1, -0.05) is 46.1 Å². The van der Waals surface area contributed by atoms with Crippen molar-refractivity contribution < 1.29 is 14.5 Å².